The highest BCUT2D eigenvalue weighted by Crippen LogP contribution is 2.25. The van der Waals surface area contributed by atoms with Gasteiger partial charge in [-0.05, 0) is 24.6 Å². The zero-order chi connectivity index (χ0) is 16.3. The van der Waals surface area contributed by atoms with Crippen LogP contribution in [0.3, 0.4) is 0 Å². The third-order valence-corrected chi connectivity index (χ3v) is 4.18. The van der Waals surface area contributed by atoms with Crippen LogP contribution >= 0.6 is 22.3 Å². The standard InChI is InChI=1S/C11H10Cl2F3NO3S/c12-8-3-2-7(6-9(8)21(13,19)20)10(18)17-5-1-4-11(14,15)16/h2-3,6H,1,4-5H2,(H,17,18). The molecule has 0 atom stereocenters. The summed E-state index contributed by atoms with van der Waals surface area (Å²) in [6, 6.07) is 3.37. The molecule has 0 spiro atoms. The molecule has 1 rings (SSSR count). The lowest BCUT2D eigenvalue weighted by atomic mass is 10.2. The Morgan fingerprint density at radius 1 is 1.29 bits per heavy atom. The first-order valence-corrected chi connectivity index (χ1v) is 8.28. The highest BCUT2D eigenvalue weighted by molar-refractivity contribution is 8.13. The van der Waals surface area contributed by atoms with Crippen molar-refractivity contribution in [2.75, 3.05) is 6.54 Å². The summed E-state index contributed by atoms with van der Waals surface area (Å²) in [6.45, 7) is -0.191. The fraction of sp³-hybridized carbons (Fsp3) is 0.364. The van der Waals surface area contributed by atoms with Gasteiger partial charge in [0.15, 0.2) is 0 Å². The fourth-order valence-electron chi connectivity index (χ4n) is 1.42. The van der Waals surface area contributed by atoms with E-state index in [0.717, 1.165) is 6.07 Å². The number of amides is 1. The van der Waals surface area contributed by atoms with E-state index < -0.39 is 32.5 Å². The Bertz CT molecular complexity index is 632. The smallest absolute Gasteiger partial charge is 0.352 e. The van der Waals surface area contributed by atoms with E-state index in [1.807, 2.05) is 0 Å². The van der Waals surface area contributed by atoms with Crippen molar-refractivity contribution in [2.45, 2.75) is 23.9 Å². The van der Waals surface area contributed by atoms with Gasteiger partial charge in [-0.2, -0.15) is 13.2 Å². The van der Waals surface area contributed by atoms with Gasteiger partial charge in [0.2, 0.25) is 0 Å². The maximum Gasteiger partial charge on any atom is 0.389 e. The zero-order valence-corrected chi connectivity index (χ0v) is 12.7. The van der Waals surface area contributed by atoms with E-state index in [1.165, 1.54) is 12.1 Å². The third kappa shape index (κ3) is 6.11. The molecule has 118 valence electrons. The van der Waals surface area contributed by atoms with Crippen molar-refractivity contribution in [3.05, 3.63) is 28.8 Å². The molecule has 0 aliphatic carbocycles. The Balaban J connectivity index is 2.72. The number of carbonyl (C=O) groups is 1. The van der Waals surface area contributed by atoms with Crippen LogP contribution in [0.1, 0.15) is 23.2 Å². The van der Waals surface area contributed by atoms with Crippen molar-refractivity contribution in [1.29, 1.82) is 0 Å². The quantitative estimate of drug-likeness (QED) is 0.644. The number of rotatable bonds is 5. The molecule has 0 bridgehead atoms. The van der Waals surface area contributed by atoms with E-state index in [9.17, 15) is 26.4 Å². The first-order valence-electron chi connectivity index (χ1n) is 5.60. The summed E-state index contributed by atoms with van der Waals surface area (Å²) in [4.78, 5) is 11.2. The molecule has 0 saturated heterocycles. The van der Waals surface area contributed by atoms with Gasteiger partial charge in [-0.25, -0.2) is 8.42 Å². The second kappa shape index (κ2) is 6.85. The predicted octanol–water partition coefficient (Wildman–Crippen LogP) is 3.34. The predicted molar refractivity (Wildman–Crippen MR) is 72.1 cm³/mol. The van der Waals surface area contributed by atoms with E-state index in [-0.39, 0.29) is 23.6 Å². The van der Waals surface area contributed by atoms with Crippen LogP contribution in [0.15, 0.2) is 23.1 Å². The molecular formula is C11H10Cl2F3NO3S. The van der Waals surface area contributed by atoms with Crippen molar-refractivity contribution in [3.8, 4) is 0 Å². The first-order chi connectivity index (χ1) is 9.50. The molecular weight excluding hydrogens is 354 g/mol. The fourth-order valence-corrected chi connectivity index (χ4v) is 2.92. The molecule has 0 heterocycles. The molecule has 1 amide bonds. The van der Waals surface area contributed by atoms with Gasteiger partial charge < -0.3 is 5.32 Å². The molecule has 0 aliphatic heterocycles. The van der Waals surface area contributed by atoms with Crippen LogP contribution in [0, 0.1) is 0 Å². The van der Waals surface area contributed by atoms with Crippen molar-refractivity contribution in [2.24, 2.45) is 0 Å². The lowest BCUT2D eigenvalue weighted by Gasteiger charge is -2.08. The molecule has 0 fully saturated rings. The van der Waals surface area contributed by atoms with Crippen molar-refractivity contribution >= 4 is 37.2 Å². The summed E-state index contributed by atoms with van der Waals surface area (Å²) >= 11 is 5.64. The molecule has 10 heteroatoms. The van der Waals surface area contributed by atoms with Crippen LogP contribution in [0.5, 0.6) is 0 Å². The van der Waals surface area contributed by atoms with Gasteiger partial charge in [0.25, 0.3) is 15.0 Å². The number of hydrogen-bond donors (Lipinski definition) is 1. The summed E-state index contributed by atoms with van der Waals surface area (Å²) in [5, 5.41) is 2.10. The van der Waals surface area contributed by atoms with Gasteiger partial charge in [-0.15, -0.1) is 0 Å². The van der Waals surface area contributed by atoms with Crippen molar-refractivity contribution in [3.63, 3.8) is 0 Å². The Labute approximate surface area is 128 Å². The molecule has 0 unspecified atom stereocenters. The Hall–Kier alpha value is -0.990. The molecule has 0 radical (unpaired) electrons. The summed E-state index contributed by atoms with van der Waals surface area (Å²) in [6.07, 6.45) is -5.58. The second-order valence-corrected chi connectivity index (χ2v) is 7.00. The molecule has 0 saturated carbocycles. The van der Waals surface area contributed by atoms with Crippen LogP contribution in [0.2, 0.25) is 5.02 Å². The van der Waals surface area contributed by atoms with Crippen molar-refractivity contribution in [1.82, 2.24) is 5.32 Å². The van der Waals surface area contributed by atoms with E-state index in [0.29, 0.717) is 0 Å². The third-order valence-electron chi connectivity index (χ3n) is 2.38. The second-order valence-electron chi connectivity index (χ2n) is 4.06. The first kappa shape index (κ1) is 18.1. The minimum atomic E-state index is -4.29. The summed E-state index contributed by atoms with van der Waals surface area (Å²) in [5.41, 5.74) is -0.0642. The van der Waals surface area contributed by atoms with E-state index in [1.54, 1.807) is 0 Å². The van der Waals surface area contributed by atoms with Gasteiger partial charge >= 0.3 is 6.18 Å². The normalized spacial score (nSPS) is 12.2. The largest absolute Gasteiger partial charge is 0.389 e. The minimum Gasteiger partial charge on any atom is -0.352 e. The van der Waals surface area contributed by atoms with Gasteiger partial charge in [-0.1, -0.05) is 11.6 Å². The molecule has 1 aromatic rings. The van der Waals surface area contributed by atoms with Gasteiger partial charge in [0.05, 0.1) is 5.02 Å². The summed E-state index contributed by atoms with van der Waals surface area (Å²) in [7, 11) is 1.03. The molecule has 1 aromatic carbocycles. The van der Waals surface area contributed by atoms with Crippen LogP contribution in [-0.2, 0) is 9.05 Å². The number of alkyl halides is 3. The number of hydrogen-bond acceptors (Lipinski definition) is 3. The van der Waals surface area contributed by atoms with Gasteiger partial charge in [0, 0.05) is 29.2 Å². The highest BCUT2D eigenvalue weighted by Gasteiger charge is 2.26. The van der Waals surface area contributed by atoms with Crippen molar-refractivity contribution < 1.29 is 26.4 Å². The highest BCUT2D eigenvalue weighted by atomic mass is 35.7. The summed E-state index contributed by atoms with van der Waals surface area (Å²) < 4.78 is 58.2. The average Bonchev–Trinajstić information content (AvgIpc) is 2.32. The Kier molecular flexibility index (Phi) is 5.89. The topological polar surface area (TPSA) is 63.2 Å². The molecule has 4 nitrogen and oxygen atoms in total. The lowest BCUT2D eigenvalue weighted by molar-refractivity contribution is -0.135. The average molecular weight is 364 g/mol. The Morgan fingerprint density at radius 3 is 2.43 bits per heavy atom. The molecule has 0 aromatic heterocycles. The van der Waals surface area contributed by atoms with E-state index >= 15 is 0 Å². The molecule has 0 aliphatic rings. The maximum atomic E-state index is 11.9. The number of nitrogens with one attached hydrogen (secondary N) is 1. The van der Waals surface area contributed by atoms with Crippen LogP contribution in [-0.4, -0.2) is 27.0 Å². The SMILES string of the molecule is O=C(NCCCC(F)(F)F)c1ccc(Cl)c(S(=O)(=O)Cl)c1. The van der Waals surface area contributed by atoms with Gasteiger partial charge in [0.1, 0.15) is 4.90 Å². The number of halogens is 5. The van der Waals surface area contributed by atoms with E-state index in [2.05, 4.69) is 5.32 Å². The monoisotopic (exact) mass is 363 g/mol. The van der Waals surface area contributed by atoms with Crippen LogP contribution < -0.4 is 5.32 Å². The maximum absolute atomic E-state index is 11.9. The van der Waals surface area contributed by atoms with Gasteiger partial charge in [-0.3, -0.25) is 4.79 Å². The van der Waals surface area contributed by atoms with Crippen LogP contribution in [0.4, 0.5) is 13.2 Å². The minimum absolute atomic E-state index is 0.0642. The summed E-state index contributed by atoms with van der Waals surface area (Å²) in [5.74, 6) is -0.713. The molecule has 1 N–H and O–H groups in total. The van der Waals surface area contributed by atoms with Crippen LogP contribution in [0.25, 0.3) is 0 Å². The number of benzene rings is 1. The molecule has 21 heavy (non-hydrogen) atoms. The zero-order valence-electron chi connectivity index (χ0n) is 10.4. The lowest BCUT2D eigenvalue weighted by Crippen LogP contribution is -2.25. The van der Waals surface area contributed by atoms with E-state index in [4.69, 9.17) is 22.3 Å². The Morgan fingerprint density at radius 2 is 1.90 bits per heavy atom. The number of carbonyl (C=O) groups excluding carboxylic acids is 1.